The number of anilines is 1. The zero-order chi connectivity index (χ0) is 30.3. The van der Waals surface area contributed by atoms with E-state index in [1.165, 1.54) is 46.8 Å². The van der Waals surface area contributed by atoms with Crippen LogP contribution >= 0.6 is 46.3 Å². The van der Waals surface area contributed by atoms with Crippen molar-refractivity contribution in [2.45, 2.75) is 48.7 Å². The second-order valence-corrected chi connectivity index (χ2v) is 12.8. The lowest BCUT2D eigenvalue weighted by Crippen LogP contribution is -2.29. The Hall–Kier alpha value is -3.44. The van der Waals surface area contributed by atoms with Crippen LogP contribution in [-0.4, -0.2) is 38.6 Å². The van der Waals surface area contributed by atoms with Crippen LogP contribution in [0.15, 0.2) is 76.9 Å². The smallest absolute Gasteiger partial charge is 0.301 e. The number of hydrogen-bond acceptors (Lipinski definition) is 9. The molecule has 43 heavy (non-hydrogen) atoms. The van der Waals surface area contributed by atoms with Crippen LogP contribution in [0.3, 0.4) is 0 Å². The first-order valence-electron chi connectivity index (χ1n) is 13.7. The number of carbonyl (C=O) groups is 2. The number of hydrogen-bond donors (Lipinski definition) is 1. The number of ether oxygens (including phenoxy) is 1. The number of amides is 1. The van der Waals surface area contributed by atoms with Gasteiger partial charge in [0.25, 0.3) is 5.78 Å². The number of benzene rings is 2. The second kappa shape index (κ2) is 14.4. The monoisotopic (exact) mass is 654 g/mol. The maximum atomic E-state index is 13.5. The Morgan fingerprint density at radius 2 is 1.79 bits per heavy atom. The number of thioether (sulfide) groups is 1. The van der Waals surface area contributed by atoms with E-state index < -0.39 is 17.7 Å². The summed E-state index contributed by atoms with van der Waals surface area (Å²) >= 11 is 14.9. The van der Waals surface area contributed by atoms with Gasteiger partial charge in [0.2, 0.25) is 5.13 Å². The minimum absolute atomic E-state index is 0.0400. The third kappa shape index (κ3) is 7.21. The summed E-state index contributed by atoms with van der Waals surface area (Å²) in [5.41, 5.74) is 1.82. The van der Waals surface area contributed by atoms with Gasteiger partial charge in [-0.25, -0.2) is 0 Å². The van der Waals surface area contributed by atoms with E-state index in [0.29, 0.717) is 43.6 Å². The van der Waals surface area contributed by atoms with Crippen molar-refractivity contribution in [3.63, 3.8) is 0 Å². The molecule has 0 radical (unpaired) electrons. The fourth-order valence-electron chi connectivity index (χ4n) is 4.61. The number of Topliss-reactive ketones (excluding diaryl/α,β-unsaturated/α-hetero) is 1. The summed E-state index contributed by atoms with van der Waals surface area (Å²) in [6.45, 7) is 2.77. The predicted octanol–water partition coefficient (Wildman–Crippen LogP) is 8.12. The normalized spacial score (nSPS) is 16.2. The number of carbonyl (C=O) groups excluding carboxylic acids is 2. The van der Waals surface area contributed by atoms with Gasteiger partial charge in [0, 0.05) is 33.8 Å². The predicted molar refractivity (Wildman–Crippen MR) is 171 cm³/mol. The van der Waals surface area contributed by atoms with E-state index in [2.05, 4.69) is 22.1 Å². The molecule has 2 aromatic heterocycles. The molecule has 1 aliphatic rings. The van der Waals surface area contributed by atoms with Crippen molar-refractivity contribution < 1.29 is 19.4 Å². The molecule has 1 aliphatic heterocycles. The van der Waals surface area contributed by atoms with Crippen LogP contribution in [0.5, 0.6) is 5.75 Å². The van der Waals surface area contributed by atoms with Gasteiger partial charge in [-0.3, -0.25) is 19.5 Å². The molecule has 1 unspecified atom stereocenters. The molecule has 1 atom stereocenters. The maximum Gasteiger partial charge on any atom is 0.301 e. The first kappa shape index (κ1) is 31.0. The van der Waals surface area contributed by atoms with Crippen molar-refractivity contribution >= 4 is 68.9 Å². The molecular formula is C31H28Cl2N4O4S2. The topological polar surface area (TPSA) is 106 Å². The van der Waals surface area contributed by atoms with Gasteiger partial charge >= 0.3 is 5.91 Å². The van der Waals surface area contributed by atoms with E-state index in [1.54, 1.807) is 48.5 Å². The lowest BCUT2D eigenvalue weighted by atomic mass is 9.95. The van der Waals surface area contributed by atoms with E-state index in [9.17, 15) is 14.7 Å². The zero-order valence-electron chi connectivity index (χ0n) is 23.2. The molecule has 3 heterocycles. The van der Waals surface area contributed by atoms with Crippen LogP contribution in [0.25, 0.3) is 5.76 Å². The molecule has 1 amide bonds. The minimum Gasteiger partial charge on any atom is -0.507 e. The highest BCUT2D eigenvalue weighted by Gasteiger charge is 2.48. The van der Waals surface area contributed by atoms with Crippen LogP contribution in [-0.2, 0) is 15.3 Å². The van der Waals surface area contributed by atoms with Crippen LogP contribution < -0.4 is 9.64 Å². The molecule has 12 heteroatoms. The second-order valence-electron chi connectivity index (χ2n) is 9.76. The number of pyridine rings is 1. The summed E-state index contributed by atoms with van der Waals surface area (Å²) in [5.74, 6) is -0.713. The molecule has 1 fully saturated rings. The van der Waals surface area contributed by atoms with Crippen molar-refractivity contribution in [1.29, 1.82) is 0 Å². The van der Waals surface area contributed by atoms with Crippen LogP contribution in [0.2, 0.25) is 10.0 Å². The van der Waals surface area contributed by atoms with Crippen molar-refractivity contribution in [3.8, 4) is 5.75 Å². The molecule has 5 rings (SSSR count). The standard InChI is InChI=1S/C31H28Cl2N4O4S2/c1-2-3-4-5-16-41-23-10-7-19(8-11-23)26-25(27(38)20-12-14-34-15-13-20)28(39)29(40)37(26)30-35-36-31(43-30)42-18-21-6-9-22(32)17-24(21)33/h6-15,17,26,38H,2-5,16,18H2,1H3/b27-25+. The largest absolute Gasteiger partial charge is 0.507 e. The van der Waals surface area contributed by atoms with Gasteiger partial charge in [-0.05, 0) is 53.9 Å². The molecule has 1 N–H and O–H groups in total. The van der Waals surface area contributed by atoms with Crippen molar-refractivity contribution in [2.75, 3.05) is 11.5 Å². The quantitative estimate of drug-likeness (QED) is 0.0408. The average molecular weight is 656 g/mol. The highest BCUT2D eigenvalue weighted by molar-refractivity contribution is 8.00. The Balaban J connectivity index is 1.45. The first-order valence-corrected chi connectivity index (χ1v) is 16.3. The van der Waals surface area contributed by atoms with Crippen LogP contribution in [0, 0.1) is 0 Å². The third-order valence-corrected chi connectivity index (χ3v) is 9.52. The Labute approximate surface area is 267 Å². The summed E-state index contributed by atoms with van der Waals surface area (Å²) < 4.78 is 6.48. The number of aliphatic hydroxyl groups excluding tert-OH is 1. The summed E-state index contributed by atoms with van der Waals surface area (Å²) in [6, 6.07) is 14.7. The number of aromatic nitrogens is 3. The van der Waals surface area contributed by atoms with Crippen LogP contribution in [0.1, 0.15) is 55.3 Å². The van der Waals surface area contributed by atoms with Gasteiger partial charge in [0.1, 0.15) is 11.5 Å². The molecular weight excluding hydrogens is 627 g/mol. The lowest BCUT2D eigenvalue weighted by Gasteiger charge is -2.22. The third-order valence-electron chi connectivity index (χ3n) is 6.83. The maximum absolute atomic E-state index is 13.5. The molecule has 2 aromatic carbocycles. The molecule has 222 valence electrons. The van der Waals surface area contributed by atoms with E-state index >= 15 is 0 Å². The van der Waals surface area contributed by atoms with Crippen LogP contribution in [0.4, 0.5) is 5.13 Å². The van der Waals surface area contributed by atoms with Crippen molar-refractivity contribution in [1.82, 2.24) is 15.2 Å². The summed E-state index contributed by atoms with van der Waals surface area (Å²) in [5, 5.41) is 21.1. The Morgan fingerprint density at radius 3 is 2.51 bits per heavy atom. The molecule has 8 nitrogen and oxygen atoms in total. The Morgan fingerprint density at radius 1 is 1.02 bits per heavy atom. The molecule has 1 saturated heterocycles. The van der Waals surface area contributed by atoms with Gasteiger partial charge in [-0.2, -0.15) is 0 Å². The van der Waals surface area contributed by atoms with E-state index in [1.807, 2.05) is 6.07 Å². The van der Waals surface area contributed by atoms with Gasteiger partial charge in [0.05, 0.1) is 18.2 Å². The number of halogens is 2. The number of ketones is 1. The number of rotatable bonds is 12. The fourth-order valence-corrected chi connectivity index (χ4v) is 7.04. The summed E-state index contributed by atoms with van der Waals surface area (Å²) in [7, 11) is 0. The Bertz CT molecular complexity index is 1630. The SMILES string of the molecule is CCCCCCOc1ccc(C2/C(=C(\O)c3ccncc3)C(=O)C(=O)N2c2nnc(SCc3ccc(Cl)cc3Cl)s2)cc1. The van der Waals surface area contributed by atoms with Gasteiger partial charge in [0.15, 0.2) is 4.34 Å². The molecule has 0 bridgehead atoms. The van der Waals surface area contributed by atoms with E-state index in [-0.39, 0.29) is 16.5 Å². The van der Waals surface area contributed by atoms with Crippen molar-refractivity contribution in [3.05, 3.63) is 99.3 Å². The molecule has 0 aliphatic carbocycles. The minimum atomic E-state index is -0.928. The molecule has 0 saturated carbocycles. The highest BCUT2D eigenvalue weighted by Crippen LogP contribution is 2.44. The van der Waals surface area contributed by atoms with E-state index in [0.717, 1.165) is 24.8 Å². The summed E-state index contributed by atoms with van der Waals surface area (Å²) in [6.07, 6.45) is 7.40. The van der Waals surface area contributed by atoms with Gasteiger partial charge in [-0.1, -0.05) is 90.7 Å². The number of unbranched alkanes of at least 4 members (excludes halogenated alkanes) is 3. The van der Waals surface area contributed by atoms with Gasteiger partial charge < -0.3 is 9.84 Å². The lowest BCUT2D eigenvalue weighted by molar-refractivity contribution is -0.132. The number of nitrogens with zero attached hydrogens (tertiary/aromatic N) is 4. The summed E-state index contributed by atoms with van der Waals surface area (Å²) in [4.78, 5) is 32.2. The van der Waals surface area contributed by atoms with E-state index in [4.69, 9.17) is 27.9 Å². The highest BCUT2D eigenvalue weighted by atomic mass is 35.5. The van der Waals surface area contributed by atoms with Crippen molar-refractivity contribution in [2.24, 2.45) is 0 Å². The van der Waals surface area contributed by atoms with Gasteiger partial charge in [-0.15, -0.1) is 10.2 Å². The molecule has 0 spiro atoms. The Kier molecular flexibility index (Phi) is 10.3. The first-order chi connectivity index (χ1) is 20.9. The fraction of sp³-hybridized carbons (Fsp3) is 0.258. The average Bonchev–Trinajstić information content (AvgIpc) is 3.58. The number of aliphatic hydroxyl groups is 1. The molecule has 4 aromatic rings. The zero-order valence-corrected chi connectivity index (χ0v) is 26.3.